The van der Waals surface area contributed by atoms with Gasteiger partial charge in [-0.15, -0.1) is 0 Å². The van der Waals surface area contributed by atoms with Crippen LogP contribution in [0.4, 0.5) is 0 Å². The van der Waals surface area contributed by atoms with Crippen molar-refractivity contribution in [3.05, 3.63) is 35.4 Å². The molecule has 0 aromatic heterocycles. The van der Waals surface area contributed by atoms with Crippen LogP contribution < -0.4 is 5.32 Å². The van der Waals surface area contributed by atoms with Gasteiger partial charge < -0.3 is 5.32 Å². The summed E-state index contributed by atoms with van der Waals surface area (Å²) in [5.41, 5.74) is 2.89. The van der Waals surface area contributed by atoms with Crippen LogP contribution in [0.3, 0.4) is 0 Å². The van der Waals surface area contributed by atoms with E-state index in [4.69, 9.17) is 0 Å². The molecule has 0 radical (unpaired) electrons. The summed E-state index contributed by atoms with van der Waals surface area (Å²) in [5, 5.41) is 3.54. The van der Waals surface area contributed by atoms with Crippen molar-refractivity contribution in [1.82, 2.24) is 5.32 Å². The third kappa shape index (κ3) is 8.05. The second-order valence-electron chi connectivity index (χ2n) is 5.51. The number of rotatable bonds is 11. The molecule has 0 saturated carbocycles. The van der Waals surface area contributed by atoms with Gasteiger partial charge in [0.05, 0.1) is 0 Å². The van der Waals surface area contributed by atoms with E-state index in [0.717, 1.165) is 13.1 Å². The first-order chi connectivity index (χ1) is 9.36. The van der Waals surface area contributed by atoms with Gasteiger partial charge in [0.2, 0.25) is 0 Å². The summed E-state index contributed by atoms with van der Waals surface area (Å²) in [7, 11) is 0. The maximum atomic E-state index is 3.54. The Morgan fingerprint density at radius 3 is 2.05 bits per heavy atom. The zero-order valence-corrected chi connectivity index (χ0v) is 12.9. The van der Waals surface area contributed by atoms with Crippen molar-refractivity contribution in [2.45, 2.75) is 71.8 Å². The van der Waals surface area contributed by atoms with Crippen molar-refractivity contribution < 1.29 is 0 Å². The van der Waals surface area contributed by atoms with E-state index in [-0.39, 0.29) is 0 Å². The van der Waals surface area contributed by atoms with Gasteiger partial charge in [0, 0.05) is 6.54 Å². The first-order valence-electron chi connectivity index (χ1n) is 8.15. The largest absolute Gasteiger partial charge is 0.313 e. The quantitative estimate of drug-likeness (QED) is 0.547. The molecule has 1 rings (SSSR count). The molecule has 108 valence electrons. The van der Waals surface area contributed by atoms with Crippen LogP contribution in [0.25, 0.3) is 0 Å². The minimum Gasteiger partial charge on any atom is -0.313 e. The molecule has 0 fully saturated rings. The van der Waals surface area contributed by atoms with Crippen LogP contribution >= 0.6 is 0 Å². The second kappa shape index (κ2) is 11.0. The highest BCUT2D eigenvalue weighted by atomic mass is 14.8. The summed E-state index contributed by atoms with van der Waals surface area (Å²) < 4.78 is 0. The van der Waals surface area contributed by atoms with Crippen molar-refractivity contribution in [1.29, 1.82) is 0 Å². The van der Waals surface area contributed by atoms with E-state index in [0.29, 0.717) is 0 Å². The first-order valence-corrected chi connectivity index (χ1v) is 8.15. The average Bonchev–Trinajstić information content (AvgIpc) is 2.45. The Morgan fingerprint density at radius 2 is 1.37 bits per heavy atom. The van der Waals surface area contributed by atoms with Crippen LogP contribution in [0, 0.1) is 0 Å². The summed E-state index contributed by atoms with van der Waals surface area (Å²) >= 11 is 0. The van der Waals surface area contributed by atoms with E-state index in [2.05, 4.69) is 43.4 Å². The monoisotopic (exact) mass is 261 g/mol. The molecule has 1 N–H and O–H groups in total. The van der Waals surface area contributed by atoms with Crippen LogP contribution in [0.1, 0.15) is 69.9 Å². The van der Waals surface area contributed by atoms with Gasteiger partial charge in [-0.05, 0) is 36.9 Å². The van der Waals surface area contributed by atoms with E-state index in [1.165, 1.54) is 62.5 Å². The fourth-order valence-corrected chi connectivity index (χ4v) is 2.29. The Balaban J connectivity index is 2.09. The van der Waals surface area contributed by atoms with Crippen LogP contribution in [0.15, 0.2) is 24.3 Å². The Kier molecular flexibility index (Phi) is 9.44. The Labute approximate surface area is 119 Å². The van der Waals surface area contributed by atoms with Crippen LogP contribution in [0.5, 0.6) is 0 Å². The van der Waals surface area contributed by atoms with Crippen molar-refractivity contribution in [3.8, 4) is 0 Å². The molecule has 1 heteroatoms. The first kappa shape index (κ1) is 16.2. The minimum atomic E-state index is 1.02. The van der Waals surface area contributed by atoms with Gasteiger partial charge in [0.1, 0.15) is 0 Å². The van der Waals surface area contributed by atoms with Gasteiger partial charge in [0.15, 0.2) is 0 Å². The molecule has 0 saturated heterocycles. The summed E-state index contributed by atoms with van der Waals surface area (Å²) in [6.45, 7) is 6.68. The van der Waals surface area contributed by atoms with Crippen molar-refractivity contribution in [2.24, 2.45) is 0 Å². The standard InChI is InChI=1S/C18H31N/c1-3-5-7-8-9-15-19-16-18-13-11-17(12-14-18)10-6-4-2/h11-14,19H,3-10,15-16H2,1-2H3. The average molecular weight is 261 g/mol. The smallest absolute Gasteiger partial charge is 0.0205 e. The SMILES string of the molecule is CCCCCCCNCc1ccc(CCCC)cc1. The molecular weight excluding hydrogens is 230 g/mol. The topological polar surface area (TPSA) is 12.0 Å². The molecule has 1 aromatic carbocycles. The Morgan fingerprint density at radius 1 is 0.737 bits per heavy atom. The number of benzene rings is 1. The number of unbranched alkanes of at least 4 members (excludes halogenated alkanes) is 5. The molecular formula is C18H31N. The highest BCUT2D eigenvalue weighted by Crippen LogP contribution is 2.08. The predicted octanol–water partition coefficient (Wildman–Crippen LogP) is 5.09. The van der Waals surface area contributed by atoms with Crippen LogP contribution in [-0.4, -0.2) is 6.54 Å². The number of aryl methyl sites for hydroxylation is 1. The summed E-state index contributed by atoms with van der Waals surface area (Å²) in [5.74, 6) is 0. The minimum absolute atomic E-state index is 1.02. The molecule has 0 aliphatic carbocycles. The number of hydrogen-bond acceptors (Lipinski definition) is 1. The Hall–Kier alpha value is -0.820. The van der Waals surface area contributed by atoms with Crippen LogP contribution in [-0.2, 0) is 13.0 Å². The lowest BCUT2D eigenvalue weighted by atomic mass is 10.1. The molecule has 0 unspecified atom stereocenters. The fraction of sp³-hybridized carbons (Fsp3) is 0.667. The van der Waals surface area contributed by atoms with E-state index < -0.39 is 0 Å². The molecule has 0 heterocycles. The third-order valence-corrected chi connectivity index (χ3v) is 3.63. The van der Waals surface area contributed by atoms with Gasteiger partial charge in [-0.3, -0.25) is 0 Å². The zero-order valence-electron chi connectivity index (χ0n) is 12.9. The lowest BCUT2D eigenvalue weighted by Crippen LogP contribution is -2.14. The van der Waals surface area contributed by atoms with E-state index >= 15 is 0 Å². The molecule has 1 aromatic rings. The maximum Gasteiger partial charge on any atom is 0.0205 e. The molecule has 0 atom stereocenters. The molecule has 0 amide bonds. The van der Waals surface area contributed by atoms with Crippen molar-refractivity contribution in [2.75, 3.05) is 6.54 Å². The fourth-order valence-electron chi connectivity index (χ4n) is 2.29. The van der Waals surface area contributed by atoms with Gasteiger partial charge in [-0.2, -0.15) is 0 Å². The maximum absolute atomic E-state index is 3.54. The Bertz CT molecular complexity index is 302. The van der Waals surface area contributed by atoms with Crippen LogP contribution in [0.2, 0.25) is 0 Å². The predicted molar refractivity (Wildman–Crippen MR) is 85.5 cm³/mol. The molecule has 0 aliphatic rings. The van der Waals surface area contributed by atoms with Gasteiger partial charge in [-0.1, -0.05) is 70.2 Å². The lowest BCUT2D eigenvalue weighted by molar-refractivity contribution is 0.583. The molecule has 0 spiro atoms. The highest BCUT2D eigenvalue weighted by molar-refractivity contribution is 5.22. The third-order valence-electron chi connectivity index (χ3n) is 3.63. The summed E-state index contributed by atoms with van der Waals surface area (Å²) in [4.78, 5) is 0. The normalized spacial score (nSPS) is 10.8. The lowest BCUT2D eigenvalue weighted by Gasteiger charge is -2.06. The van der Waals surface area contributed by atoms with Gasteiger partial charge in [0.25, 0.3) is 0 Å². The van der Waals surface area contributed by atoms with Crippen molar-refractivity contribution in [3.63, 3.8) is 0 Å². The second-order valence-corrected chi connectivity index (χ2v) is 5.51. The number of hydrogen-bond donors (Lipinski definition) is 1. The summed E-state index contributed by atoms with van der Waals surface area (Å²) in [6, 6.07) is 9.12. The highest BCUT2D eigenvalue weighted by Gasteiger charge is 1.95. The van der Waals surface area contributed by atoms with E-state index in [1.807, 2.05) is 0 Å². The zero-order chi connectivity index (χ0) is 13.8. The number of nitrogens with one attached hydrogen (secondary N) is 1. The molecule has 0 bridgehead atoms. The van der Waals surface area contributed by atoms with E-state index in [1.54, 1.807) is 0 Å². The summed E-state index contributed by atoms with van der Waals surface area (Å²) in [6.07, 6.45) is 10.6. The van der Waals surface area contributed by atoms with Gasteiger partial charge >= 0.3 is 0 Å². The van der Waals surface area contributed by atoms with E-state index in [9.17, 15) is 0 Å². The molecule has 1 nitrogen and oxygen atoms in total. The van der Waals surface area contributed by atoms with Gasteiger partial charge in [-0.25, -0.2) is 0 Å². The molecule has 19 heavy (non-hydrogen) atoms. The van der Waals surface area contributed by atoms with Crippen molar-refractivity contribution >= 4 is 0 Å². The molecule has 0 aliphatic heterocycles.